The quantitative estimate of drug-likeness (QED) is 0.631. The molecule has 0 saturated heterocycles. The van der Waals surface area contributed by atoms with Crippen LogP contribution in [-0.2, 0) is 13.6 Å². The smallest absolute Gasteiger partial charge is 0.304 e. The van der Waals surface area contributed by atoms with Crippen LogP contribution in [0, 0.1) is 5.82 Å². The molecule has 3 aromatic rings. The molecule has 0 aliphatic heterocycles. The highest BCUT2D eigenvalue weighted by atomic mass is 31.2. The first-order chi connectivity index (χ1) is 11.6. The third-order valence-electron chi connectivity index (χ3n) is 3.48. The Balaban J connectivity index is 2.29. The van der Waals surface area contributed by atoms with E-state index in [1.807, 2.05) is 24.3 Å². The van der Waals surface area contributed by atoms with E-state index in [1.165, 1.54) is 16.8 Å². The fraction of sp³-hybridized carbons (Fsp3) is 0.235. The van der Waals surface area contributed by atoms with Gasteiger partial charge in [-0.2, -0.15) is 5.10 Å². The number of nitrogens with zero attached hydrogens (tertiary/aromatic N) is 2. The van der Waals surface area contributed by atoms with Crippen LogP contribution in [-0.4, -0.2) is 23.0 Å². The van der Waals surface area contributed by atoms with Gasteiger partial charge in [-0.1, -0.05) is 18.2 Å². The highest BCUT2D eigenvalue weighted by Gasteiger charge is 2.34. The van der Waals surface area contributed by atoms with Crippen molar-refractivity contribution in [2.45, 2.75) is 13.8 Å². The Hall–Kier alpha value is -2.01. The van der Waals surface area contributed by atoms with E-state index in [1.54, 1.807) is 26.0 Å². The standard InChI is InChI=1S/C17H18FN2O3P/c1-3-22-24(21,23-4-2)17-15-7-5-6-8-16(15)19-20(17)14-11-9-13(18)10-12-14/h5-12H,3-4H2,1-2H3. The number of benzene rings is 2. The van der Waals surface area contributed by atoms with Gasteiger partial charge in [-0.15, -0.1) is 0 Å². The van der Waals surface area contributed by atoms with Crippen LogP contribution in [0.1, 0.15) is 13.8 Å². The van der Waals surface area contributed by atoms with E-state index in [4.69, 9.17) is 9.05 Å². The molecule has 0 unspecified atom stereocenters. The van der Waals surface area contributed by atoms with Crippen molar-refractivity contribution in [3.8, 4) is 5.69 Å². The van der Waals surface area contributed by atoms with Crippen molar-refractivity contribution in [2.75, 3.05) is 13.2 Å². The number of aromatic nitrogens is 2. The molecule has 3 rings (SSSR count). The predicted molar refractivity (Wildman–Crippen MR) is 91.5 cm³/mol. The summed E-state index contributed by atoms with van der Waals surface area (Å²) >= 11 is 0. The maximum Gasteiger partial charge on any atom is 0.380 e. The second kappa shape index (κ2) is 6.85. The summed E-state index contributed by atoms with van der Waals surface area (Å²) in [6, 6.07) is 13.1. The Bertz CT molecular complexity index is 882. The summed E-state index contributed by atoms with van der Waals surface area (Å²) in [5.41, 5.74) is 1.60. The molecule has 0 atom stereocenters. The van der Waals surface area contributed by atoms with Gasteiger partial charge in [0, 0.05) is 5.39 Å². The van der Waals surface area contributed by atoms with E-state index >= 15 is 0 Å². The summed E-state index contributed by atoms with van der Waals surface area (Å²) in [7, 11) is -3.58. The second-order valence-corrected chi connectivity index (χ2v) is 7.00. The Kier molecular flexibility index (Phi) is 4.81. The molecular formula is C17H18FN2O3P. The Morgan fingerprint density at radius 3 is 2.29 bits per heavy atom. The monoisotopic (exact) mass is 348 g/mol. The van der Waals surface area contributed by atoms with Gasteiger partial charge in [0.05, 0.1) is 24.4 Å². The average Bonchev–Trinajstić information content (AvgIpc) is 2.96. The van der Waals surface area contributed by atoms with Gasteiger partial charge in [-0.05, 0) is 44.2 Å². The fourth-order valence-corrected chi connectivity index (χ4v) is 4.42. The van der Waals surface area contributed by atoms with E-state index in [0.29, 0.717) is 22.0 Å². The van der Waals surface area contributed by atoms with E-state index in [0.717, 1.165) is 0 Å². The van der Waals surface area contributed by atoms with Gasteiger partial charge in [-0.3, -0.25) is 4.57 Å². The lowest BCUT2D eigenvalue weighted by Crippen LogP contribution is -2.20. The van der Waals surface area contributed by atoms with E-state index < -0.39 is 7.60 Å². The predicted octanol–water partition coefficient (Wildman–Crippen LogP) is 4.06. The molecule has 0 fully saturated rings. The topological polar surface area (TPSA) is 53.4 Å². The zero-order valence-electron chi connectivity index (χ0n) is 13.5. The zero-order chi connectivity index (χ0) is 17.2. The molecule has 24 heavy (non-hydrogen) atoms. The number of hydrogen-bond donors (Lipinski definition) is 0. The molecule has 0 aliphatic rings. The van der Waals surface area contributed by atoms with Crippen molar-refractivity contribution < 1.29 is 18.0 Å². The highest BCUT2D eigenvalue weighted by molar-refractivity contribution is 7.62. The van der Waals surface area contributed by atoms with E-state index in [2.05, 4.69) is 5.10 Å². The van der Waals surface area contributed by atoms with Crippen molar-refractivity contribution in [1.29, 1.82) is 0 Å². The summed E-state index contributed by atoms with van der Waals surface area (Å²) < 4.78 is 39.1. The molecule has 0 N–H and O–H groups in total. The van der Waals surface area contributed by atoms with E-state index in [9.17, 15) is 8.96 Å². The van der Waals surface area contributed by atoms with Gasteiger partial charge in [-0.25, -0.2) is 9.07 Å². The molecule has 5 nitrogen and oxygen atoms in total. The zero-order valence-corrected chi connectivity index (χ0v) is 14.4. The average molecular weight is 348 g/mol. The van der Waals surface area contributed by atoms with Crippen molar-refractivity contribution >= 4 is 23.9 Å². The molecule has 1 heterocycles. The SMILES string of the molecule is CCOP(=O)(OCC)c1c2ccccc2nn1-c1ccc(F)cc1. The molecule has 7 heteroatoms. The molecule has 0 aliphatic carbocycles. The Morgan fingerprint density at radius 1 is 1.04 bits per heavy atom. The third-order valence-corrected chi connectivity index (χ3v) is 5.63. The first-order valence-corrected chi connectivity index (χ1v) is 9.26. The highest BCUT2D eigenvalue weighted by Crippen LogP contribution is 2.48. The number of hydrogen-bond acceptors (Lipinski definition) is 4. The maximum atomic E-state index is 13.4. The lowest BCUT2D eigenvalue weighted by atomic mass is 10.2. The summed E-state index contributed by atoms with van der Waals surface area (Å²) in [6.07, 6.45) is 0. The maximum absolute atomic E-state index is 13.4. The van der Waals surface area contributed by atoms with Crippen LogP contribution in [0.5, 0.6) is 0 Å². The number of rotatable bonds is 6. The molecule has 0 saturated carbocycles. The minimum absolute atomic E-state index is 0.236. The van der Waals surface area contributed by atoms with Gasteiger partial charge in [0.2, 0.25) is 0 Å². The summed E-state index contributed by atoms with van der Waals surface area (Å²) in [6.45, 7) is 3.99. The largest absolute Gasteiger partial charge is 0.380 e. The first-order valence-electron chi connectivity index (χ1n) is 7.72. The molecule has 0 radical (unpaired) electrons. The van der Waals surface area contributed by atoms with Crippen LogP contribution in [0.3, 0.4) is 0 Å². The van der Waals surface area contributed by atoms with Crippen LogP contribution >= 0.6 is 7.60 Å². The van der Waals surface area contributed by atoms with Crippen LogP contribution in [0.15, 0.2) is 48.5 Å². The van der Waals surface area contributed by atoms with Gasteiger partial charge in [0.25, 0.3) is 0 Å². The van der Waals surface area contributed by atoms with Gasteiger partial charge < -0.3 is 9.05 Å². The van der Waals surface area contributed by atoms with Crippen molar-refractivity contribution in [2.24, 2.45) is 0 Å². The summed E-state index contributed by atoms with van der Waals surface area (Å²) in [5.74, 6) is -0.352. The third kappa shape index (κ3) is 3.00. The molecule has 1 aromatic heterocycles. The van der Waals surface area contributed by atoms with Crippen LogP contribution < -0.4 is 5.44 Å². The second-order valence-electron chi connectivity index (χ2n) is 5.06. The molecule has 0 spiro atoms. The van der Waals surface area contributed by atoms with Crippen LogP contribution in [0.2, 0.25) is 0 Å². The Morgan fingerprint density at radius 2 is 1.67 bits per heavy atom. The molecular weight excluding hydrogens is 330 g/mol. The van der Waals surface area contributed by atoms with Crippen LogP contribution in [0.25, 0.3) is 16.6 Å². The summed E-state index contributed by atoms with van der Waals surface area (Å²) in [4.78, 5) is 0. The van der Waals surface area contributed by atoms with Crippen molar-refractivity contribution in [3.05, 3.63) is 54.3 Å². The molecule has 126 valence electrons. The molecule has 2 aromatic carbocycles. The van der Waals surface area contributed by atoms with Crippen molar-refractivity contribution in [3.63, 3.8) is 0 Å². The normalized spacial score (nSPS) is 12.0. The van der Waals surface area contributed by atoms with Crippen molar-refractivity contribution in [1.82, 2.24) is 9.78 Å². The molecule has 0 bridgehead atoms. The van der Waals surface area contributed by atoms with E-state index in [-0.39, 0.29) is 19.0 Å². The fourth-order valence-electron chi connectivity index (χ4n) is 2.54. The number of fused-ring (bicyclic) bond motifs is 1. The number of halogens is 1. The first kappa shape index (κ1) is 16.8. The molecule has 0 amide bonds. The van der Waals surface area contributed by atoms with Gasteiger partial charge in [0.15, 0.2) is 5.44 Å². The van der Waals surface area contributed by atoms with Crippen LogP contribution in [0.4, 0.5) is 4.39 Å². The van der Waals surface area contributed by atoms with Gasteiger partial charge in [0.1, 0.15) is 5.82 Å². The summed E-state index contributed by atoms with van der Waals surface area (Å²) in [5, 5.41) is 5.19. The minimum atomic E-state index is -3.58. The van der Waals surface area contributed by atoms with Gasteiger partial charge >= 0.3 is 7.60 Å². The lowest BCUT2D eigenvalue weighted by molar-refractivity contribution is 0.229. The minimum Gasteiger partial charge on any atom is -0.304 e. The lowest BCUT2D eigenvalue weighted by Gasteiger charge is -2.18. The Labute approximate surface area is 139 Å².